The normalized spacial score (nSPS) is 21.2. The molecule has 1 aromatic heterocycles. The fourth-order valence-electron chi connectivity index (χ4n) is 2.72. The van der Waals surface area contributed by atoms with Crippen LogP contribution in [0.25, 0.3) is 11.0 Å². The lowest BCUT2D eigenvalue weighted by molar-refractivity contribution is 0.0861. The van der Waals surface area contributed by atoms with E-state index in [1.54, 1.807) is 6.07 Å². The molecule has 0 amide bonds. The maximum Gasteiger partial charge on any atom is 0.197 e. The van der Waals surface area contributed by atoms with Gasteiger partial charge in [-0.3, -0.25) is 4.79 Å². The van der Waals surface area contributed by atoms with Crippen molar-refractivity contribution in [3.05, 3.63) is 30.0 Å². The first kappa shape index (κ1) is 14.1. The zero-order valence-corrected chi connectivity index (χ0v) is 12.5. The predicted octanol–water partition coefficient (Wildman–Crippen LogP) is 3.54. The Labute approximate surface area is 124 Å². The highest BCUT2D eigenvalue weighted by molar-refractivity contribution is 5.97. The molecule has 1 saturated carbocycles. The summed E-state index contributed by atoms with van der Waals surface area (Å²) in [6.45, 7) is 4.96. The van der Waals surface area contributed by atoms with Crippen LogP contribution in [0.1, 0.15) is 43.7 Å². The maximum absolute atomic E-state index is 11.7. The SMILES string of the molecule is CCN[C@H]1C[C@H](Oc2ccc3oc(C(=O)CC)cc3c2)C1. The number of ketones is 1. The molecule has 1 fully saturated rings. The van der Waals surface area contributed by atoms with Crippen molar-refractivity contribution in [2.45, 2.75) is 45.3 Å². The second kappa shape index (κ2) is 5.90. The molecular formula is C17H21NO3. The van der Waals surface area contributed by atoms with Crippen LogP contribution in [0.15, 0.2) is 28.7 Å². The Kier molecular flexibility index (Phi) is 3.97. The van der Waals surface area contributed by atoms with Crippen LogP contribution < -0.4 is 10.1 Å². The summed E-state index contributed by atoms with van der Waals surface area (Å²) in [6, 6.07) is 8.12. The molecule has 1 heterocycles. The molecule has 1 aromatic carbocycles. The van der Waals surface area contributed by atoms with Crippen molar-refractivity contribution in [2.24, 2.45) is 0 Å². The van der Waals surface area contributed by atoms with Crippen molar-refractivity contribution >= 4 is 16.8 Å². The van der Waals surface area contributed by atoms with Gasteiger partial charge in [0.2, 0.25) is 0 Å². The summed E-state index contributed by atoms with van der Waals surface area (Å²) in [6.07, 6.45) is 2.85. The molecule has 3 rings (SSSR count). The number of hydrogen-bond donors (Lipinski definition) is 1. The predicted molar refractivity (Wildman–Crippen MR) is 82.0 cm³/mol. The van der Waals surface area contributed by atoms with Crippen LogP contribution in [0.3, 0.4) is 0 Å². The summed E-state index contributed by atoms with van der Waals surface area (Å²) in [5.74, 6) is 1.31. The molecule has 2 aromatic rings. The van der Waals surface area contributed by atoms with Gasteiger partial charge in [-0.05, 0) is 43.7 Å². The van der Waals surface area contributed by atoms with Crippen molar-refractivity contribution in [1.29, 1.82) is 0 Å². The van der Waals surface area contributed by atoms with Gasteiger partial charge in [-0.25, -0.2) is 0 Å². The van der Waals surface area contributed by atoms with Gasteiger partial charge in [-0.15, -0.1) is 0 Å². The molecule has 0 spiro atoms. The van der Waals surface area contributed by atoms with Crippen molar-refractivity contribution in [1.82, 2.24) is 5.32 Å². The number of Topliss-reactive ketones (excluding diaryl/α,β-unsaturated/α-hetero) is 1. The van der Waals surface area contributed by atoms with Gasteiger partial charge in [0.25, 0.3) is 0 Å². The average molecular weight is 287 g/mol. The molecule has 112 valence electrons. The van der Waals surface area contributed by atoms with Crippen molar-refractivity contribution in [3.8, 4) is 5.75 Å². The summed E-state index contributed by atoms with van der Waals surface area (Å²) in [7, 11) is 0. The monoisotopic (exact) mass is 287 g/mol. The third-order valence-electron chi connectivity index (χ3n) is 3.97. The van der Waals surface area contributed by atoms with Gasteiger partial charge in [0.15, 0.2) is 11.5 Å². The van der Waals surface area contributed by atoms with E-state index in [1.165, 1.54) is 0 Å². The van der Waals surface area contributed by atoms with Crippen LogP contribution in [0, 0.1) is 0 Å². The summed E-state index contributed by atoms with van der Waals surface area (Å²) in [5.41, 5.74) is 0.735. The standard InChI is InChI=1S/C17H21NO3/c1-3-15(19)17-8-11-7-13(5-6-16(11)21-17)20-14-9-12(10-14)18-4-2/h5-8,12,14,18H,3-4,9-10H2,1-2H3/t12-,14-. The summed E-state index contributed by atoms with van der Waals surface area (Å²) in [4.78, 5) is 11.7. The molecule has 4 heteroatoms. The molecule has 0 atom stereocenters. The van der Waals surface area contributed by atoms with Crippen LogP contribution in [-0.4, -0.2) is 24.5 Å². The van der Waals surface area contributed by atoms with E-state index < -0.39 is 0 Å². The Balaban J connectivity index is 1.68. The van der Waals surface area contributed by atoms with Crippen LogP contribution in [0.2, 0.25) is 0 Å². The van der Waals surface area contributed by atoms with Crippen LogP contribution in [0.4, 0.5) is 0 Å². The smallest absolute Gasteiger partial charge is 0.197 e. The molecule has 21 heavy (non-hydrogen) atoms. The minimum atomic E-state index is 0.0288. The number of carbonyl (C=O) groups excluding carboxylic acids is 1. The minimum Gasteiger partial charge on any atom is -0.490 e. The van der Waals surface area contributed by atoms with Crippen molar-refractivity contribution < 1.29 is 13.9 Å². The van der Waals surface area contributed by atoms with E-state index in [0.717, 1.165) is 36.1 Å². The van der Waals surface area contributed by atoms with Gasteiger partial charge in [0.1, 0.15) is 17.4 Å². The number of rotatable bonds is 6. The number of ether oxygens (including phenoxy) is 1. The van der Waals surface area contributed by atoms with Crippen LogP contribution >= 0.6 is 0 Å². The largest absolute Gasteiger partial charge is 0.490 e. The number of benzene rings is 1. The fourth-order valence-corrected chi connectivity index (χ4v) is 2.72. The number of fused-ring (bicyclic) bond motifs is 1. The van der Waals surface area contributed by atoms with Gasteiger partial charge in [0.05, 0.1) is 0 Å². The van der Waals surface area contributed by atoms with E-state index in [2.05, 4.69) is 12.2 Å². The van der Waals surface area contributed by atoms with Crippen molar-refractivity contribution in [3.63, 3.8) is 0 Å². The molecule has 1 N–H and O–H groups in total. The summed E-state index contributed by atoms with van der Waals surface area (Å²) in [5, 5.41) is 4.34. The second-order valence-corrected chi connectivity index (χ2v) is 5.55. The Morgan fingerprint density at radius 3 is 2.86 bits per heavy atom. The molecule has 1 aliphatic carbocycles. The first-order valence-electron chi connectivity index (χ1n) is 7.66. The highest BCUT2D eigenvalue weighted by atomic mass is 16.5. The molecule has 1 aliphatic rings. The molecule has 0 bridgehead atoms. The number of furan rings is 1. The van der Waals surface area contributed by atoms with Gasteiger partial charge in [-0.2, -0.15) is 0 Å². The molecule has 0 saturated heterocycles. The van der Waals surface area contributed by atoms with E-state index in [4.69, 9.17) is 9.15 Å². The van der Waals surface area contributed by atoms with Crippen LogP contribution in [-0.2, 0) is 0 Å². The van der Waals surface area contributed by atoms with E-state index >= 15 is 0 Å². The lowest BCUT2D eigenvalue weighted by Gasteiger charge is -2.35. The third-order valence-corrected chi connectivity index (χ3v) is 3.97. The molecular weight excluding hydrogens is 266 g/mol. The van der Waals surface area contributed by atoms with Gasteiger partial charge < -0.3 is 14.5 Å². The molecule has 0 aliphatic heterocycles. The molecule has 0 unspecified atom stereocenters. The summed E-state index contributed by atoms with van der Waals surface area (Å²) < 4.78 is 11.5. The number of nitrogens with one attached hydrogen (secondary N) is 1. The Hall–Kier alpha value is -1.81. The van der Waals surface area contributed by atoms with Gasteiger partial charge in [0, 0.05) is 17.8 Å². The van der Waals surface area contributed by atoms with E-state index in [0.29, 0.717) is 18.2 Å². The maximum atomic E-state index is 11.7. The Morgan fingerprint density at radius 1 is 1.33 bits per heavy atom. The highest BCUT2D eigenvalue weighted by Gasteiger charge is 2.30. The Morgan fingerprint density at radius 2 is 2.14 bits per heavy atom. The molecule has 0 radical (unpaired) electrons. The summed E-state index contributed by atoms with van der Waals surface area (Å²) >= 11 is 0. The lowest BCUT2D eigenvalue weighted by Crippen LogP contribution is -2.46. The fraction of sp³-hybridized carbons (Fsp3) is 0.471. The van der Waals surface area contributed by atoms with Crippen LogP contribution in [0.5, 0.6) is 5.75 Å². The van der Waals surface area contributed by atoms with Crippen molar-refractivity contribution in [2.75, 3.05) is 6.54 Å². The quantitative estimate of drug-likeness (QED) is 0.826. The zero-order valence-electron chi connectivity index (χ0n) is 12.5. The third kappa shape index (κ3) is 2.95. The second-order valence-electron chi connectivity index (χ2n) is 5.55. The first-order chi connectivity index (χ1) is 10.2. The van der Waals surface area contributed by atoms with Gasteiger partial charge in [-0.1, -0.05) is 13.8 Å². The van der Waals surface area contributed by atoms with E-state index in [9.17, 15) is 4.79 Å². The average Bonchev–Trinajstić information content (AvgIpc) is 2.87. The lowest BCUT2D eigenvalue weighted by atomic mass is 9.89. The zero-order chi connectivity index (χ0) is 14.8. The van der Waals surface area contributed by atoms with E-state index in [-0.39, 0.29) is 11.9 Å². The minimum absolute atomic E-state index is 0.0288. The number of hydrogen-bond acceptors (Lipinski definition) is 4. The first-order valence-corrected chi connectivity index (χ1v) is 7.66. The topological polar surface area (TPSA) is 51.5 Å². The highest BCUT2D eigenvalue weighted by Crippen LogP contribution is 2.29. The van der Waals surface area contributed by atoms with E-state index in [1.807, 2.05) is 25.1 Å². The van der Waals surface area contributed by atoms with Gasteiger partial charge >= 0.3 is 0 Å². The Bertz CT molecular complexity index is 641. The molecule has 4 nitrogen and oxygen atoms in total. The number of carbonyl (C=O) groups is 1.